The molecule has 0 radical (unpaired) electrons. The van der Waals surface area contributed by atoms with E-state index in [4.69, 9.17) is 21.5 Å². The van der Waals surface area contributed by atoms with Crippen molar-refractivity contribution in [2.45, 2.75) is 12.5 Å². The average Bonchev–Trinajstić information content (AvgIpc) is 2.83. The zero-order valence-corrected chi connectivity index (χ0v) is 11.7. The molecule has 1 aromatic rings. The van der Waals surface area contributed by atoms with Crippen LogP contribution in [0.25, 0.3) is 0 Å². The van der Waals surface area contributed by atoms with Crippen LogP contribution in [0.1, 0.15) is 6.42 Å². The average molecular weight is 348 g/mol. The number of aliphatic carboxylic acids is 1. The third-order valence-corrected chi connectivity index (χ3v) is 3.32. The number of carbonyl (C=O) groups is 2. The Kier molecular flexibility index (Phi) is 4.06. The van der Waals surface area contributed by atoms with E-state index in [1.165, 1.54) is 0 Å². The van der Waals surface area contributed by atoms with Gasteiger partial charge in [0.15, 0.2) is 5.71 Å². The Bertz CT molecular complexity index is 576. The van der Waals surface area contributed by atoms with Gasteiger partial charge in [0.2, 0.25) is 6.10 Å². The van der Waals surface area contributed by atoms with Gasteiger partial charge >= 0.3 is 5.97 Å². The Hall–Kier alpha value is -1.60. The van der Waals surface area contributed by atoms with Gasteiger partial charge in [-0.3, -0.25) is 4.79 Å². The molecule has 0 saturated carbocycles. The molecular formula is C11H8BrClN2O4. The highest BCUT2D eigenvalue weighted by atomic mass is 79.9. The summed E-state index contributed by atoms with van der Waals surface area (Å²) in [5.41, 5.74) is 0.301. The highest BCUT2D eigenvalue weighted by Crippen LogP contribution is 2.26. The van der Waals surface area contributed by atoms with Gasteiger partial charge in [-0.15, -0.1) is 0 Å². The summed E-state index contributed by atoms with van der Waals surface area (Å²) in [5.74, 6) is -1.68. The second-order valence-electron chi connectivity index (χ2n) is 3.75. The van der Waals surface area contributed by atoms with Gasteiger partial charge in [-0.1, -0.05) is 16.8 Å². The third-order valence-electron chi connectivity index (χ3n) is 2.39. The van der Waals surface area contributed by atoms with Crippen molar-refractivity contribution < 1.29 is 19.5 Å². The molecule has 1 amide bonds. The fourth-order valence-electron chi connectivity index (χ4n) is 1.45. The molecule has 8 heteroatoms. The Morgan fingerprint density at radius 3 is 2.89 bits per heavy atom. The molecule has 1 aliphatic rings. The number of carboxylic acid groups (broad SMARTS) is 1. The Morgan fingerprint density at radius 1 is 1.53 bits per heavy atom. The maximum absolute atomic E-state index is 11.9. The highest BCUT2D eigenvalue weighted by Gasteiger charge is 2.31. The molecule has 1 unspecified atom stereocenters. The summed E-state index contributed by atoms with van der Waals surface area (Å²) in [6.07, 6.45) is -1.02. The van der Waals surface area contributed by atoms with Gasteiger partial charge in [-0.25, -0.2) is 4.79 Å². The zero-order chi connectivity index (χ0) is 14.0. The molecule has 19 heavy (non-hydrogen) atoms. The number of rotatable bonds is 3. The number of hydrogen-bond donors (Lipinski definition) is 2. The van der Waals surface area contributed by atoms with Gasteiger partial charge in [0.1, 0.15) is 0 Å². The van der Waals surface area contributed by atoms with E-state index >= 15 is 0 Å². The van der Waals surface area contributed by atoms with Crippen molar-refractivity contribution in [3.8, 4) is 0 Å². The van der Waals surface area contributed by atoms with Crippen LogP contribution in [-0.2, 0) is 14.4 Å². The van der Waals surface area contributed by atoms with E-state index in [1.807, 2.05) is 0 Å². The van der Waals surface area contributed by atoms with Gasteiger partial charge in [-0.2, -0.15) is 0 Å². The van der Waals surface area contributed by atoms with Gasteiger partial charge in [0.05, 0.1) is 5.69 Å². The molecule has 2 N–H and O–H groups in total. The quantitative estimate of drug-likeness (QED) is 0.878. The molecule has 2 rings (SSSR count). The van der Waals surface area contributed by atoms with E-state index in [-0.39, 0.29) is 12.1 Å². The summed E-state index contributed by atoms with van der Waals surface area (Å²) in [6, 6.07) is 4.92. The summed E-state index contributed by atoms with van der Waals surface area (Å²) < 4.78 is 0.655. The van der Waals surface area contributed by atoms with Crippen LogP contribution < -0.4 is 5.32 Å². The molecular weight excluding hydrogens is 339 g/mol. The zero-order valence-electron chi connectivity index (χ0n) is 9.39. The van der Waals surface area contributed by atoms with E-state index in [1.54, 1.807) is 18.2 Å². The maximum Gasteiger partial charge on any atom is 0.353 e. The SMILES string of the molecule is O=C(O)C1=NOC(C(=O)Nc2cc(Cl)ccc2Br)C1. The fraction of sp³-hybridized carbons (Fsp3) is 0.182. The summed E-state index contributed by atoms with van der Waals surface area (Å²) in [5, 5.41) is 15.1. The lowest BCUT2D eigenvalue weighted by Gasteiger charge is -2.11. The lowest BCUT2D eigenvalue weighted by molar-refractivity contribution is -0.129. The molecule has 0 spiro atoms. The lowest BCUT2D eigenvalue weighted by Crippen LogP contribution is -2.29. The predicted molar refractivity (Wildman–Crippen MR) is 72.3 cm³/mol. The van der Waals surface area contributed by atoms with Crippen molar-refractivity contribution in [2.75, 3.05) is 5.32 Å². The summed E-state index contributed by atoms with van der Waals surface area (Å²) in [4.78, 5) is 27.3. The van der Waals surface area contributed by atoms with E-state index in [9.17, 15) is 9.59 Å². The Labute approximate surface area is 121 Å². The fourth-order valence-corrected chi connectivity index (χ4v) is 1.97. The van der Waals surface area contributed by atoms with E-state index in [0.29, 0.717) is 15.2 Å². The maximum atomic E-state index is 11.9. The van der Waals surface area contributed by atoms with Crippen molar-refractivity contribution in [2.24, 2.45) is 5.16 Å². The first kappa shape index (κ1) is 13.8. The van der Waals surface area contributed by atoms with Crippen LogP contribution in [0.4, 0.5) is 5.69 Å². The third kappa shape index (κ3) is 3.24. The number of carbonyl (C=O) groups excluding carboxylic acids is 1. The normalized spacial score (nSPS) is 17.6. The molecule has 0 aliphatic carbocycles. The first-order chi connectivity index (χ1) is 8.97. The molecule has 100 valence electrons. The number of nitrogens with zero attached hydrogens (tertiary/aromatic N) is 1. The molecule has 0 aromatic heterocycles. The standard InChI is InChI=1S/C11H8BrClN2O4/c12-6-2-1-5(13)3-7(6)14-10(16)9-4-8(11(17)18)15-19-9/h1-3,9H,4H2,(H,14,16)(H,17,18). The van der Waals surface area contributed by atoms with Gasteiger partial charge in [0, 0.05) is 15.9 Å². The molecule has 1 aromatic carbocycles. The molecule has 0 bridgehead atoms. The number of nitrogens with one attached hydrogen (secondary N) is 1. The minimum Gasteiger partial charge on any atom is -0.477 e. The largest absolute Gasteiger partial charge is 0.477 e. The molecule has 1 heterocycles. The molecule has 6 nitrogen and oxygen atoms in total. The van der Waals surface area contributed by atoms with Crippen LogP contribution >= 0.6 is 27.5 Å². The van der Waals surface area contributed by atoms with Crippen LogP contribution in [0.15, 0.2) is 27.8 Å². The Morgan fingerprint density at radius 2 is 2.26 bits per heavy atom. The number of anilines is 1. The van der Waals surface area contributed by atoms with Crippen molar-refractivity contribution in [1.29, 1.82) is 0 Å². The van der Waals surface area contributed by atoms with Gasteiger partial charge in [-0.05, 0) is 34.1 Å². The summed E-state index contributed by atoms with van der Waals surface area (Å²) in [7, 11) is 0. The predicted octanol–water partition coefficient (Wildman–Crippen LogP) is 2.27. The van der Waals surface area contributed by atoms with Crippen molar-refractivity contribution in [3.63, 3.8) is 0 Å². The van der Waals surface area contributed by atoms with Crippen LogP contribution in [0.2, 0.25) is 5.02 Å². The number of benzene rings is 1. The van der Waals surface area contributed by atoms with Crippen molar-refractivity contribution in [1.82, 2.24) is 0 Å². The lowest BCUT2D eigenvalue weighted by atomic mass is 10.1. The minimum absolute atomic E-state index is 0.0701. The minimum atomic E-state index is -1.20. The smallest absolute Gasteiger partial charge is 0.353 e. The number of amides is 1. The van der Waals surface area contributed by atoms with Gasteiger partial charge in [0.25, 0.3) is 5.91 Å². The van der Waals surface area contributed by atoms with Crippen molar-refractivity contribution in [3.05, 3.63) is 27.7 Å². The van der Waals surface area contributed by atoms with E-state index < -0.39 is 18.0 Å². The van der Waals surface area contributed by atoms with Gasteiger partial charge < -0.3 is 15.3 Å². The second-order valence-corrected chi connectivity index (χ2v) is 5.05. The molecule has 0 fully saturated rings. The summed E-state index contributed by atoms with van der Waals surface area (Å²) >= 11 is 9.09. The highest BCUT2D eigenvalue weighted by molar-refractivity contribution is 9.10. The first-order valence-electron chi connectivity index (χ1n) is 5.19. The number of halogens is 2. The Balaban J connectivity index is 2.03. The molecule has 1 aliphatic heterocycles. The van der Waals surface area contributed by atoms with E-state index in [0.717, 1.165) is 0 Å². The number of hydrogen-bond acceptors (Lipinski definition) is 4. The number of oxime groups is 1. The summed E-state index contributed by atoms with van der Waals surface area (Å²) in [6.45, 7) is 0. The molecule has 0 saturated heterocycles. The second kappa shape index (κ2) is 5.58. The topological polar surface area (TPSA) is 88.0 Å². The number of carboxylic acids is 1. The van der Waals surface area contributed by atoms with E-state index in [2.05, 4.69) is 26.4 Å². The monoisotopic (exact) mass is 346 g/mol. The molecule has 1 atom stereocenters. The van der Waals surface area contributed by atoms with Crippen LogP contribution in [-0.4, -0.2) is 28.8 Å². The van der Waals surface area contributed by atoms with Crippen LogP contribution in [0, 0.1) is 0 Å². The van der Waals surface area contributed by atoms with Crippen molar-refractivity contribution >= 4 is 50.8 Å². The first-order valence-corrected chi connectivity index (χ1v) is 6.36. The van der Waals surface area contributed by atoms with Crippen LogP contribution in [0.3, 0.4) is 0 Å². The van der Waals surface area contributed by atoms with Crippen LogP contribution in [0.5, 0.6) is 0 Å².